The van der Waals surface area contributed by atoms with E-state index in [1.807, 2.05) is 38.9 Å². The highest BCUT2D eigenvalue weighted by Gasteiger charge is 2.29. The van der Waals surface area contributed by atoms with Gasteiger partial charge in [-0.15, -0.1) is 0 Å². The summed E-state index contributed by atoms with van der Waals surface area (Å²) in [4.78, 5) is 45.2. The lowest BCUT2D eigenvalue weighted by Crippen LogP contribution is -2.48. The van der Waals surface area contributed by atoms with E-state index in [9.17, 15) is 23.9 Å². The monoisotopic (exact) mass is 608 g/mol. The first kappa shape index (κ1) is 34.3. The van der Waals surface area contributed by atoms with Gasteiger partial charge < -0.3 is 20.6 Å². The number of hydrogen-bond donors (Lipinski definition) is 3. The van der Waals surface area contributed by atoms with Crippen LogP contribution in [0.25, 0.3) is 11.1 Å². The van der Waals surface area contributed by atoms with Gasteiger partial charge in [0.15, 0.2) is 0 Å². The van der Waals surface area contributed by atoms with Crippen molar-refractivity contribution in [3.8, 4) is 11.1 Å². The number of carboxylic acids is 1. The molecule has 8 nitrogen and oxygen atoms in total. The van der Waals surface area contributed by atoms with Crippen molar-refractivity contribution < 1.29 is 28.3 Å². The summed E-state index contributed by atoms with van der Waals surface area (Å²) in [6.07, 6.45) is 0.305. The summed E-state index contributed by atoms with van der Waals surface area (Å²) < 4.78 is 29.6. The summed E-state index contributed by atoms with van der Waals surface area (Å²) in [6, 6.07) is 8.74. The van der Waals surface area contributed by atoms with Crippen molar-refractivity contribution in [1.29, 1.82) is 0 Å². The molecule has 2 atom stereocenters. The van der Waals surface area contributed by atoms with Crippen LogP contribution in [0.3, 0.4) is 0 Å². The quantitative estimate of drug-likeness (QED) is 0.235. The first-order valence-corrected chi connectivity index (χ1v) is 14.7. The molecule has 0 unspecified atom stereocenters. The molecule has 10 heteroatoms. The number of nitrogens with one attached hydrogen (secondary N) is 2. The van der Waals surface area contributed by atoms with Crippen LogP contribution in [-0.4, -0.2) is 59.5 Å². The highest BCUT2D eigenvalue weighted by Crippen LogP contribution is 2.34. The summed E-state index contributed by atoms with van der Waals surface area (Å²) in [5.74, 6) is -3.48. The van der Waals surface area contributed by atoms with Gasteiger partial charge in [0.1, 0.15) is 23.4 Å². The Hall–Kier alpha value is -4.18. The van der Waals surface area contributed by atoms with Crippen LogP contribution in [0.2, 0.25) is 0 Å². The van der Waals surface area contributed by atoms with Gasteiger partial charge in [0.25, 0.3) is 5.91 Å². The minimum Gasteiger partial charge on any atom is -0.481 e. The number of pyridine rings is 1. The van der Waals surface area contributed by atoms with E-state index < -0.39 is 47.9 Å². The molecule has 1 aromatic heterocycles. The molecule has 3 rings (SSSR count). The molecule has 236 valence electrons. The van der Waals surface area contributed by atoms with Crippen LogP contribution in [0.1, 0.15) is 71.2 Å². The maximum Gasteiger partial charge on any atom is 0.305 e. The fourth-order valence-electron chi connectivity index (χ4n) is 5.26. The van der Waals surface area contributed by atoms with E-state index in [-0.39, 0.29) is 29.2 Å². The van der Waals surface area contributed by atoms with E-state index in [2.05, 4.69) is 15.6 Å². The van der Waals surface area contributed by atoms with Crippen molar-refractivity contribution in [3.05, 3.63) is 87.7 Å². The van der Waals surface area contributed by atoms with Gasteiger partial charge in [0.05, 0.1) is 12.5 Å². The number of aromatic nitrogens is 1. The number of carbonyl (C=O) groups excluding carboxylic acids is 2. The third kappa shape index (κ3) is 9.16. The van der Waals surface area contributed by atoms with Crippen molar-refractivity contribution >= 4 is 17.8 Å². The zero-order valence-corrected chi connectivity index (χ0v) is 26.4. The second-order valence-electron chi connectivity index (χ2n) is 12.0. The molecule has 0 saturated heterocycles. The van der Waals surface area contributed by atoms with Gasteiger partial charge in [-0.05, 0) is 111 Å². The average Bonchev–Trinajstić information content (AvgIpc) is 2.92. The Balaban J connectivity index is 1.94. The van der Waals surface area contributed by atoms with Crippen molar-refractivity contribution in [2.24, 2.45) is 5.92 Å². The average molecular weight is 609 g/mol. The number of hydrogen-bond acceptors (Lipinski definition) is 5. The molecule has 1 heterocycles. The summed E-state index contributed by atoms with van der Waals surface area (Å²) in [5.41, 5.74) is 3.67. The lowest BCUT2D eigenvalue weighted by atomic mass is 9.90. The molecule has 0 saturated carbocycles. The molecule has 0 radical (unpaired) electrons. The third-order valence-corrected chi connectivity index (χ3v) is 7.32. The molecule has 0 fully saturated rings. The van der Waals surface area contributed by atoms with E-state index in [1.54, 1.807) is 39.0 Å². The van der Waals surface area contributed by atoms with Gasteiger partial charge in [-0.25, -0.2) is 13.8 Å². The van der Waals surface area contributed by atoms with Gasteiger partial charge in [-0.1, -0.05) is 19.9 Å². The van der Waals surface area contributed by atoms with Gasteiger partial charge in [-0.3, -0.25) is 14.4 Å². The number of halogens is 2. The molecule has 44 heavy (non-hydrogen) atoms. The van der Waals surface area contributed by atoms with Crippen LogP contribution in [0, 0.1) is 38.3 Å². The van der Waals surface area contributed by atoms with Crippen LogP contribution in [0.5, 0.6) is 0 Å². The third-order valence-electron chi connectivity index (χ3n) is 7.32. The molecule has 2 amide bonds. The topological polar surface area (TPSA) is 112 Å². The molecule has 0 aliphatic rings. The number of likely N-dealkylation sites (N-methyl/N-ethyl adjacent to an activating group) is 1. The molecule has 0 aliphatic heterocycles. The maximum atomic E-state index is 15.6. The fraction of sp³-hybridized carbons (Fsp3) is 0.412. The molecule has 2 aromatic carbocycles. The van der Waals surface area contributed by atoms with E-state index in [4.69, 9.17) is 0 Å². The number of carboxylic acid groups (broad SMARTS) is 1. The number of benzene rings is 2. The Morgan fingerprint density at radius 3 is 2.20 bits per heavy atom. The van der Waals surface area contributed by atoms with E-state index in [1.165, 1.54) is 18.2 Å². The van der Waals surface area contributed by atoms with Gasteiger partial charge in [0, 0.05) is 24.2 Å². The van der Waals surface area contributed by atoms with Crippen LogP contribution >= 0.6 is 0 Å². The number of nitrogens with zero attached hydrogens (tertiary/aromatic N) is 2. The smallest absolute Gasteiger partial charge is 0.305 e. The molecular weight excluding hydrogens is 566 g/mol. The Bertz CT molecular complexity index is 1500. The van der Waals surface area contributed by atoms with Gasteiger partial charge in [-0.2, -0.15) is 0 Å². The number of aliphatic carboxylic acids is 1. The molecule has 3 aromatic rings. The van der Waals surface area contributed by atoms with Crippen LogP contribution < -0.4 is 10.6 Å². The summed E-state index contributed by atoms with van der Waals surface area (Å²) in [5, 5.41) is 15.2. The van der Waals surface area contributed by atoms with Gasteiger partial charge in [0.2, 0.25) is 5.91 Å². The number of aryl methyl sites for hydroxylation is 3. The van der Waals surface area contributed by atoms with Crippen molar-refractivity contribution in [3.63, 3.8) is 0 Å². The van der Waals surface area contributed by atoms with Crippen molar-refractivity contribution in [2.45, 2.75) is 66.0 Å². The van der Waals surface area contributed by atoms with E-state index >= 15 is 4.39 Å². The lowest BCUT2D eigenvalue weighted by molar-refractivity contribution is -0.137. The van der Waals surface area contributed by atoms with E-state index in [0.717, 1.165) is 12.2 Å². The summed E-state index contributed by atoms with van der Waals surface area (Å²) >= 11 is 0. The lowest BCUT2D eigenvalue weighted by Gasteiger charge is -2.25. The fourth-order valence-corrected chi connectivity index (χ4v) is 5.26. The highest BCUT2D eigenvalue weighted by molar-refractivity contribution is 5.96. The summed E-state index contributed by atoms with van der Waals surface area (Å²) in [7, 11) is 3.88. The number of carbonyl (C=O) groups is 3. The molecule has 0 aliphatic carbocycles. The zero-order chi connectivity index (χ0) is 32.7. The number of rotatable bonds is 13. The second-order valence-corrected chi connectivity index (χ2v) is 12.0. The zero-order valence-electron chi connectivity index (χ0n) is 26.4. The number of amides is 2. The van der Waals surface area contributed by atoms with Crippen LogP contribution in [-0.2, 0) is 16.0 Å². The van der Waals surface area contributed by atoms with E-state index in [0.29, 0.717) is 28.7 Å². The highest BCUT2D eigenvalue weighted by atomic mass is 19.1. The SMILES string of the molecule is Cc1cc(-c2c(C)cc(F)cc2C)cc([C@H](CC(=O)O)NC(=O)[C@H](CC(C)C)NC(=O)c2cccc(CCN(C)C)n2)c1F. The second kappa shape index (κ2) is 15.0. The molecule has 0 bridgehead atoms. The molecule has 0 spiro atoms. The minimum absolute atomic E-state index is 0.00454. The van der Waals surface area contributed by atoms with Gasteiger partial charge >= 0.3 is 5.97 Å². The van der Waals surface area contributed by atoms with Crippen LogP contribution in [0.15, 0.2) is 42.5 Å². The normalized spacial score (nSPS) is 12.7. The minimum atomic E-state index is -1.24. The Morgan fingerprint density at radius 1 is 0.955 bits per heavy atom. The summed E-state index contributed by atoms with van der Waals surface area (Å²) in [6.45, 7) is 9.57. The standard InChI is InChI=1S/C34H42F2N4O4/c1-19(2)13-29(39-33(43)27-10-8-9-25(37-27)11-12-40(6)7)34(44)38-28(18-30(41)42)26-17-23(14-22(5)32(26)36)31-20(3)15-24(35)16-21(31)4/h8-10,14-17,19,28-29H,11-13,18H2,1-7H3,(H,38,44)(H,39,43)(H,41,42)/t28-,29-/m0/s1. The van der Waals surface area contributed by atoms with Crippen molar-refractivity contribution in [2.75, 3.05) is 20.6 Å². The maximum absolute atomic E-state index is 15.6. The predicted octanol–water partition coefficient (Wildman–Crippen LogP) is 5.53. The first-order valence-electron chi connectivity index (χ1n) is 14.7. The first-order chi connectivity index (χ1) is 20.7. The van der Waals surface area contributed by atoms with Crippen molar-refractivity contribution in [1.82, 2.24) is 20.5 Å². The predicted molar refractivity (Wildman–Crippen MR) is 166 cm³/mol. The Labute approximate surface area is 257 Å². The van der Waals surface area contributed by atoms with Crippen LogP contribution in [0.4, 0.5) is 8.78 Å². The molecule has 3 N–H and O–H groups in total. The Morgan fingerprint density at radius 2 is 1.61 bits per heavy atom. The Kier molecular flexibility index (Phi) is 11.7. The largest absolute Gasteiger partial charge is 0.481 e. The molecular formula is C34H42F2N4O4.